The van der Waals surface area contributed by atoms with Crippen molar-refractivity contribution in [1.82, 2.24) is 0 Å². The summed E-state index contributed by atoms with van der Waals surface area (Å²) >= 11 is -0.151. The van der Waals surface area contributed by atoms with Gasteiger partial charge in [0, 0.05) is 17.7 Å². The molecule has 0 saturated heterocycles. The third-order valence-electron chi connectivity index (χ3n) is 4.72. The highest BCUT2D eigenvalue weighted by atomic mass is 32.2. The van der Waals surface area contributed by atoms with Gasteiger partial charge in [0.15, 0.2) is 0 Å². The van der Waals surface area contributed by atoms with Crippen molar-refractivity contribution in [2.24, 2.45) is 10.9 Å². The van der Waals surface area contributed by atoms with Gasteiger partial charge in [-0.15, -0.1) is 0 Å². The molecular weight excluding hydrogens is 513 g/mol. The number of halogens is 5. The average molecular weight is 558 g/mol. The molecule has 0 amide bonds. The molecule has 0 aliphatic carbocycles. The largest absolute Gasteiger partial charge is 0.445 e. The molecule has 1 nitrogen and oxygen atoms in total. The summed E-state index contributed by atoms with van der Waals surface area (Å²) in [6.07, 6.45) is 17.5. The lowest BCUT2D eigenvalue weighted by Gasteiger charge is -2.09. The highest BCUT2D eigenvalue weighted by molar-refractivity contribution is 8.02. The van der Waals surface area contributed by atoms with Crippen LogP contribution in [0.3, 0.4) is 0 Å². The van der Waals surface area contributed by atoms with Gasteiger partial charge in [0.1, 0.15) is 11.6 Å². The third-order valence-corrected chi connectivity index (χ3v) is 5.28. The summed E-state index contributed by atoms with van der Waals surface area (Å²) < 4.78 is 62.5. The van der Waals surface area contributed by atoms with E-state index >= 15 is 0 Å². The lowest BCUT2D eigenvalue weighted by atomic mass is 9.96. The molecule has 2 unspecified atom stereocenters. The fourth-order valence-corrected chi connectivity index (χ4v) is 3.61. The molecule has 1 heterocycles. The maximum atomic E-state index is 13.3. The Kier molecular flexibility index (Phi) is 22.4. The third kappa shape index (κ3) is 16.4. The predicted molar refractivity (Wildman–Crippen MR) is 158 cm³/mol. The highest BCUT2D eigenvalue weighted by Gasteiger charge is 2.26. The number of nitrogens with zero attached hydrogens (tertiary/aromatic N) is 1. The second-order valence-electron chi connectivity index (χ2n) is 7.50. The van der Waals surface area contributed by atoms with Crippen molar-refractivity contribution < 1.29 is 22.0 Å². The van der Waals surface area contributed by atoms with Gasteiger partial charge in [-0.25, -0.2) is 8.78 Å². The van der Waals surface area contributed by atoms with Gasteiger partial charge in [-0.3, -0.25) is 4.99 Å². The first-order valence-electron chi connectivity index (χ1n) is 13.2. The lowest BCUT2D eigenvalue weighted by molar-refractivity contribution is -0.0320. The molecule has 7 heteroatoms. The molecule has 0 fully saturated rings. The number of hydrogen-bond acceptors (Lipinski definition) is 2. The normalized spacial score (nSPS) is 16.6. The maximum absolute atomic E-state index is 13.3. The standard InChI is InChI=1S/C16H21F3S.C11H11F2N.2C2H6/c1-4-9-14(10-5-2)15(11-6-3)12-7-8-13-20-16(17,18)19;1-7-5-6-10(14-7)11-8(12)3-2-4-9(11)13;2*1-2/h4,6-13,15H,5H2,1-3H3;2-4,7H,5-6H2,1H3;2*1-2H3/b9-4-,11-6-,12-7?,13-8+,14-10+;;;. The second kappa shape index (κ2) is 22.6. The Balaban J connectivity index is 0. The summed E-state index contributed by atoms with van der Waals surface area (Å²) in [6.45, 7) is 15.9. The van der Waals surface area contributed by atoms with Crippen LogP contribution in [0, 0.1) is 17.6 Å². The van der Waals surface area contributed by atoms with Crippen molar-refractivity contribution in [3.05, 3.63) is 95.0 Å². The Morgan fingerprint density at radius 3 is 2.08 bits per heavy atom. The topological polar surface area (TPSA) is 12.4 Å². The molecular formula is C31H44F5NS. The zero-order valence-electron chi connectivity index (χ0n) is 23.9. The fraction of sp³-hybridized carbons (Fsp3) is 0.452. The quantitative estimate of drug-likeness (QED) is 0.176. The van der Waals surface area contributed by atoms with Crippen molar-refractivity contribution in [1.29, 1.82) is 0 Å². The number of aliphatic imine (C=N–C) groups is 1. The highest BCUT2D eigenvalue weighted by Crippen LogP contribution is 2.31. The van der Waals surface area contributed by atoms with Crippen LogP contribution in [0.25, 0.3) is 0 Å². The Bertz CT molecular complexity index is 920. The van der Waals surface area contributed by atoms with Crippen LogP contribution in [-0.4, -0.2) is 17.3 Å². The summed E-state index contributed by atoms with van der Waals surface area (Å²) in [6, 6.07) is 4.09. The van der Waals surface area contributed by atoms with Crippen LogP contribution in [0.5, 0.6) is 0 Å². The minimum Gasteiger partial charge on any atom is -0.286 e. The Hall–Kier alpha value is -2.41. The van der Waals surface area contributed by atoms with Gasteiger partial charge in [-0.05, 0) is 74.9 Å². The average Bonchev–Trinajstić information content (AvgIpc) is 3.31. The summed E-state index contributed by atoms with van der Waals surface area (Å²) in [4.78, 5) is 4.22. The number of hydrogen-bond donors (Lipinski definition) is 0. The summed E-state index contributed by atoms with van der Waals surface area (Å²) in [5, 5.41) is 1.04. The molecule has 214 valence electrons. The molecule has 1 aliphatic rings. The molecule has 2 atom stereocenters. The first-order valence-corrected chi connectivity index (χ1v) is 14.0. The van der Waals surface area contributed by atoms with Crippen molar-refractivity contribution in [3.8, 4) is 0 Å². The molecule has 0 aromatic heterocycles. The monoisotopic (exact) mass is 557 g/mol. The summed E-state index contributed by atoms with van der Waals surface area (Å²) in [7, 11) is 0. The van der Waals surface area contributed by atoms with E-state index in [1.54, 1.807) is 6.08 Å². The second-order valence-corrected chi connectivity index (χ2v) is 8.47. The molecule has 0 radical (unpaired) electrons. The molecule has 0 saturated carbocycles. The van der Waals surface area contributed by atoms with E-state index in [1.165, 1.54) is 24.3 Å². The van der Waals surface area contributed by atoms with Gasteiger partial charge < -0.3 is 0 Å². The van der Waals surface area contributed by atoms with Gasteiger partial charge in [-0.1, -0.05) is 89.3 Å². The minimum absolute atomic E-state index is 0.0526. The van der Waals surface area contributed by atoms with E-state index in [1.807, 2.05) is 78.8 Å². The maximum Gasteiger partial charge on any atom is 0.445 e. The van der Waals surface area contributed by atoms with Crippen LogP contribution in [-0.2, 0) is 0 Å². The van der Waals surface area contributed by atoms with Crippen molar-refractivity contribution in [2.75, 3.05) is 0 Å². The van der Waals surface area contributed by atoms with Crippen LogP contribution >= 0.6 is 11.8 Å². The summed E-state index contributed by atoms with van der Waals surface area (Å²) in [5.74, 6) is -0.951. The van der Waals surface area contributed by atoms with Crippen molar-refractivity contribution in [2.45, 2.75) is 86.2 Å². The molecule has 1 aromatic carbocycles. The van der Waals surface area contributed by atoms with Gasteiger partial charge in [0.05, 0.1) is 5.56 Å². The summed E-state index contributed by atoms with van der Waals surface area (Å²) in [5.41, 5.74) is -2.46. The minimum atomic E-state index is -4.22. The van der Waals surface area contributed by atoms with Crippen LogP contribution < -0.4 is 0 Å². The van der Waals surface area contributed by atoms with Gasteiger partial charge in [0.2, 0.25) is 0 Å². The van der Waals surface area contributed by atoms with Crippen LogP contribution in [0.1, 0.15) is 80.2 Å². The fourth-order valence-electron chi connectivity index (χ4n) is 3.29. The smallest absolute Gasteiger partial charge is 0.286 e. The van der Waals surface area contributed by atoms with Gasteiger partial charge in [0.25, 0.3) is 0 Å². The SMILES string of the molecule is C/C=C\C(=C/CC)C(C=C/C=C/SC(F)(F)F)/C=C\C.CC.CC.CC1CCC(c2c(F)cccc2F)=N1. The van der Waals surface area contributed by atoms with E-state index in [0.29, 0.717) is 12.1 Å². The molecule has 1 aromatic rings. The predicted octanol–water partition coefficient (Wildman–Crippen LogP) is 11.4. The molecule has 0 bridgehead atoms. The van der Waals surface area contributed by atoms with Crippen molar-refractivity contribution >= 4 is 17.5 Å². The number of allylic oxidation sites excluding steroid dienone is 9. The van der Waals surface area contributed by atoms with E-state index in [0.717, 1.165) is 23.8 Å². The van der Waals surface area contributed by atoms with E-state index in [-0.39, 0.29) is 29.3 Å². The number of alkyl halides is 3. The molecule has 0 spiro atoms. The van der Waals surface area contributed by atoms with Gasteiger partial charge in [-0.2, -0.15) is 13.2 Å². The van der Waals surface area contributed by atoms with E-state index in [9.17, 15) is 22.0 Å². The van der Waals surface area contributed by atoms with Crippen LogP contribution in [0.2, 0.25) is 0 Å². The number of thioether (sulfide) groups is 1. The lowest BCUT2D eigenvalue weighted by Crippen LogP contribution is -2.03. The first kappa shape index (κ1) is 37.7. The van der Waals surface area contributed by atoms with Gasteiger partial charge >= 0.3 is 5.51 Å². The molecule has 38 heavy (non-hydrogen) atoms. The Labute approximate surface area is 231 Å². The van der Waals surface area contributed by atoms with Crippen molar-refractivity contribution in [3.63, 3.8) is 0 Å². The van der Waals surface area contributed by atoms with Crippen LogP contribution in [0.15, 0.2) is 82.8 Å². The molecule has 0 N–H and O–H groups in total. The van der Waals surface area contributed by atoms with E-state index in [2.05, 4.69) is 18.0 Å². The Morgan fingerprint density at radius 1 is 1.03 bits per heavy atom. The Morgan fingerprint density at radius 2 is 1.63 bits per heavy atom. The number of benzene rings is 1. The molecule has 1 aliphatic heterocycles. The van der Waals surface area contributed by atoms with Crippen LogP contribution in [0.4, 0.5) is 22.0 Å². The first-order chi connectivity index (χ1) is 18.1. The zero-order valence-corrected chi connectivity index (χ0v) is 24.8. The zero-order chi connectivity index (χ0) is 29.6. The number of rotatable bonds is 8. The molecule has 2 rings (SSSR count). The van der Waals surface area contributed by atoms with E-state index < -0.39 is 17.1 Å². The van der Waals surface area contributed by atoms with E-state index in [4.69, 9.17) is 0 Å².